The summed E-state index contributed by atoms with van der Waals surface area (Å²) in [5.41, 5.74) is 0. The molecule has 0 radical (unpaired) electrons. The molecular formula is C13H15ClFNO3S. The topological polar surface area (TPSA) is 46.6 Å². The van der Waals surface area contributed by atoms with Crippen molar-refractivity contribution >= 4 is 21.6 Å². The molecule has 1 aromatic rings. The van der Waals surface area contributed by atoms with Gasteiger partial charge < -0.3 is 4.74 Å². The summed E-state index contributed by atoms with van der Waals surface area (Å²) in [6.07, 6.45) is 1.97. The highest BCUT2D eigenvalue weighted by atomic mass is 35.5. The summed E-state index contributed by atoms with van der Waals surface area (Å²) in [4.78, 5) is -0.467. The van der Waals surface area contributed by atoms with Gasteiger partial charge in [-0.05, 0) is 18.6 Å². The van der Waals surface area contributed by atoms with E-state index in [4.69, 9.17) is 16.3 Å². The fourth-order valence-corrected chi connectivity index (χ4v) is 4.17. The SMILES string of the molecule is C=CCOC1CCN(S(=O)(=O)c2c(F)cccc2Cl)C1. The number of ether oxygens (including phenoxy) is 1. The Labute approximate surface area is 122 Å². The third-order valence-electron chi connectivity index (χ3n) is 3.07. The molecule has 1 aliphatic heterocycles. The highest BCUT2D eigenvalue weighted by Gasteiger charge is 2.35. The third-order valence-corrected chi connectivity index (χ3v) is 5.44. The number of sulfonamides is 1. The van der Waals surface area contributed by atoms with Crippen LogP contribution in [0.1, 0.15) is 6.42 Å². The molecule has 4 nitrogen and oxygen atoms in total. The first kappa shape index (κ1) is 15.4. The van der Waals surface area contributed by atoms with Gasteiger partial charge in [-0.15, -0.1) is 6.58 Å². The third kappa shape index (κ3) is 3.03. The van der Waals surface area contributed by atoms with Gasteiger partial charge in [0.15, 0.2) is 0 Å². The largest absolute Gasteiger partial charge is 0.373 e. The van der Waals surface area contributed by atoms with Crippen LogP contribution < -0.4 is 0 Å². The average Bonchev–Trinajstić information content (AvgIpc) is 2.85. The second-order valence-corrected chi connectivity index (χ2v) is 6.73. The second kappa shape index (κ2) is 6.22. The number of rotatable bonds is 5. The van der Waals surface area contributed by atoms with Crippen molar-refractivity contribution in [2.24, 2.45) is 0 Å². The fourth-order valence-electron chi connectivity index (χ4n) is 2.11. The molecule has 7 heteroatoms. The summed E-state index contributed by atoms with van der Waals surface area (Å²) >= 11 is 5.82. The van der Waals surface area contributed by atoms with E-state index in [9.17, 15) is 12.8 Å². The van der Waals surface area contributed by atoms with E-state index in [0.717, 1.165) is 6.07 Å². The van der Waals surface area contributed by atoms with E-state index in [0.29, 0.717) is 13.0 Å². The van der Waals surface area contributed by atoms with Crippen LogP contribution in [0.3, 0.4) is 0 Å². The standard InChI is InChI=1S/C13H15ClFNO3S/c1-2-8-19-10-6-7-16(9-10)20(17,18)13-11(14)4-3-5-12(13)15/h2-5,10H,1,6-9H2. The summed E-state index contributed by atoms with van der Waals surface area (Å²) in [6, 6.07) is 3.82. The van der Waals surface area contributed by atoms with E-state index in [-0.39, 0.29) is 24.2 Å². The highest BCUT2D eigenvalue weighted by molar-refractivity contribution is 7.89. The van der Waals surface area contributed by atoms with E-state index < -0.39 is 20.7 Å². The Morgan fingerprint density at radius 1 is 1.55 bits per heavy atom. The van der Waals surface area contributed by atoms with Crippen LogP contribution in [0.15, 0.2) is 35.7 Å². The Morgan fingerprint density at radius 3 is 2.95 bits per heavy atom. The minimum Gasteiger partial charge on any atom is -0.373 e. The molecule has 0 amide bonds. The van der Waals surface area contributed by atoms with Crippen molar-refractivity contribution in [2.45, 2.75) is 17.4 Å². The Balaban J connectivity index is 2.22. The van der Waals surface area contributed by atoms with Gasteiger partial charge in [-0.1, -0.05) is 23.7 Å². The minimum atomic E-state index is -3.94. The normalized spacial score (nSPS) is 20.2. The van der Waals surface area contributed by atoms with Crippen LogP contribution in [-0.4, -0.2) is 38.5 Å². The monoisotopic (exact) mass is 319 g/mol. The molecule has 1 aromatic carbocycles. The smallest absolute Gasteiger partial charge is 0.247 e. The molecule has 0 aliphatic carbocycles. The summed E-state index contributed by atoms with van der Waals surface area (Å²) in [7, 11) is -3.94. The van der Waals surface area contributed by atoms with Crippen molar-refractivity contribution in [2.75, 3.05) is 19.7 Å². The zero-order valence-electron chi connectivity index (χ0n) is 10.8. The highest BCUT2D eigenvalue weighted by Crippen LogP contribution is 2.29. The van der Waals surface area contributed by atoms with Gasteiger partial charge in [-0.3, -0.25) is 0 Å². The van der Waals surface area contributed by atoms with E-state index in [1.165, 1.54) is 16.4 Å². The van der Waals surface area contributed by atoms with E-state index in [2.05, 4.69) is 6.58 Å². The lowest BCUT2D eigenvalue weighted by molar-refractivity contribution is 0.0856. The fraction of sp³-hybridized carbons (Fsp3) is 0.385. The van der Waals surface area contributed by atoms with Crippen LogP contribution in [0.25, 0.3) is 0 Å². The molecule has 0 bridgehead atoms. The number of nitrogens with zero attached hydrogens (tertiary/aromatic N) is 1. The molecule has 20 heavy (non-hydrogen) atoms. The van der Waals surface area contributed by atoms with Gasteiger partial charge in [0.25, 0.3) is 0 Å². The first-order valence-electron chi connectivity index (χ1n) is 6.13. The lowest BCUT2D eigenvalue weighted by Gasteiger charge is -2.17. The van der Waals surface area contributed by atoms with Crippen LogP contribution >= 0.6 is 11.6 Å². The first-order chi connectivity index (χ1) is 9.46. The molecule has 110 valence electrons. The number of benzene rings is 1. The second-order valence-electron chi connectivity index (χ2n) is 4.45. The number of hydrogen-bond acceptors (Lipinski definition) is 3. The van der Waals surface area contributed by atoms with Gasteiger partial charge in [0.2, 0.25) is 10.0 Å². The van der Waals surface area contributed by atoms with Crippen molar-refractivity contribution in [1.82, 2.24) is 4.31 Å². The first-order valence-corrected chi connectivity index (χ1v) is 7.95. The van der Waals surface area contributed by atoms with Gasteiger partial charge in [-0.2, -0.15) is 4.31 Å². The maximum absolute atomic E-state index is 13.8. The predicted molar refractivity (Wildman–Crippen MR) is 74.7 cm³/mol. The van der Waals surface area contributed by atoms with Gasteiger partial charge in [0.1, 0.15) is 10.7 Å². The summed E-state index contributed by atoms with van der Waals surface area (Å²) in [5.74, 6) is -0.840. The number of hydrogen-bond donors (Lipinski definition) is 0. The van der Waals surface area contributed by atoms with Crippen molar-refractivity contribution in [1.29, 1.82) is 0 Å². The zero-order chi connectivity index (χ0) is 14.8. The van der Waals surface area contributed by atoms with Crippen molar-refractivity contribution in [3.63, 3.8) is 0 Å². The summed E-state index contributed by atoms with van der Waals surface area (Å²) in [6.45, 7) is 4.38. The molecule has 0 aromatic heterocycles. The van der Waals surface area contributed by atoms with Crippen LogP contribution in [0, 0.1) is 5.82 Å². The molecule has 1 unspecified atom stereocenters. The summed E-state index contributed by atoms with van der Waals surface area (Å²) < 4.78 is 45.2. The molecule has 1 fully saturated rings. The Hall–Kier alpha value is -0.950. The Morgan fingerprint density at radius 2 is 2.30 bits per heavy atom. The minimum absolute atomic E-state index is 0.111. The Kier molecular flexibility index (Phi) is 4.80. The van der Waals surface area contributed by atoms with Crippen molar-refractivity contribution < 1.29 is 17.5 Å². The maximum atomic E-state index is 13.8. The Bertz CT molecular complexity index is 585. The zero-order valence-corrected chi connectivity index (χ0v) is 12.3. The molecule has 1 saturated heterocycles. The van der Waals surface area contributed by atoms with Crippen LogP contribution in [0.2, 0.25) is 5.02 Å². The van der Waals surface area contributed by atoms with Gasteiger partial charge in [-0.25, -0.2) is 12.8 Å². The molecule has 0 spiro atoms. The van der Waals surface area contributed by atoms with E-state index >= 15 is 0 Å². The predicted octanol–water partition coefficient (Wildman–Crippen LogP) is 2.44. The van der Waals surface area contributed by atoms with Gasteiger partial charge in [0, 0.05) is 13.1 Å². The van der Waals surface area contributed by atoms with Crippen molar-refractivity contribution in [3.05, 3.63) is 41.7 Å². The molecule has 1 aliphatic rings. The molecular weight excluding hydrogens is 305 g/mol. The lowest BCUT2D eigenvalue weighted by atomic mass is 10.3. The van der Waals surface area contributed by atoms with Gasteiger partial charge >= 0.3 is 0 Å². The molecule has 2 rings (SSSR count). The van der Waals surface area contributed by atoms with Crippen LogP contribution in [-0.2, 0) is 14.8 Å². The molecule has 0 N–H and O–H groups in total. The summed E-state index contributed by atoms with van der Waals surface area (Å²) in [5, 5.41) is -0.111. The maximum Gasteiger partial charge on any atom is 0.247 e. The average molecular weight is 320 g/mol. The molecule has 1 heterocycles. The van der Waals surface area contributed by atoms with Crippen LogP contribution in [0.4, 0.5) is 4.39 Å². The molecule has 1 atom stereocenters. The molecule has 0 saturated carbocycles. The number of halogens is 2. The van der Waals surface area contributed by atoms with E-state index in [1.54, 1.807) is 6.08 Å². The van der Waals surface area contributed by atoms with Crippen LogP contribution in [0.5, 0.6) is 0 Å². The quantitative estimate of drug-likeness (QED) is 0.783. The van der Waals surface area contributed by atoms with Crippen molar-refractivity contribution in [3.8, 4) is 0 Å². The van der Waals surface area contributed by atoms with E-state index in [1.807, 2.05) is 0 Å². The van der Waals surface area contributed by atoms with Gasteiger partial charge in [0.05, 0.1) is 17.7 Å². The lowest BCUT2D eigenvalue weighted by Crippen LogP contribution is -2.31.